The summed E-state index contributed by atoms with van der Waals surface area (Å²) in [6, 6.07) is 6.70. The Hall–Kier alpha value is -2.37. The molecular formula is C21H32N4O2. The maximum atomic E-state index is 5.49. The molecule has 148 valence electrons. The fourth-order valence-corrected chi connectivity index (χ4v) is 3.63. The molecule has 3 rings (SSSR count). The van der Waals surface area contributed by atoms with E-state index in [4.69, 9.17) is 9.47 Å². The second-order valence-electron chi connectivity index (χ2n) is 7.22. The molecule has 27 heavy (non-hydrogen) atoms. The van der Waals surface area contributed by atoms with Gasteiger partial charge in [-0.2, -0.15) is 0 Å². The minimum atomic E-state index is 0.604. The van der Waals surface area contributed by atoms with Crippen LogP contribution in [0, 0.1) is 5.92 Å². The zero-order chi connectivity index (χ0) is 19.2. The Bertz CT molecular complexity index is 784. The van der Waals surface area contributed by atoms with Gasteiger partial charge in [-0.25, -0.2) is 0 Å². The normalized spacial score (nSPS) is 19.2. The number of hydrogen-bond donors (Lipinski definition) is 3. The van der Waals surface area contributed by atoms with Crippen LogP contribution in [0.3, 0.4) is 0 Å². The molecule has 0 radical (unpaired) electrons. The van der Waals surface area contributed by atoms with Gasteiger partial charge in [0.1, 0.15) is 11.5 Å². The second-order valence-corrected chi connectivity index (χ2v) is 7.22. The van der Waals surface area contributed by atoms with Crippen molar-refractivity contribution in [2.45, 2.75) is 45.1 Å². The lowest BCUT2D eigenvalue weighted by atomic mass is 10.2. The van der Waals surface area contributed by atoms with E-state index in [0.717, 1.165) is 53.7 Å². The Balaban J connectivity index is 1.49. The first-order valence-corrected chi connectivity index (χ1v) is 9.89. The van der Waals surface area contributed by atoms with Crippen LogP contribution in [0.2, 0.25) is 0 Å². The van der Waals surface area contributed by atoms with Crippen molar-refractivity contribution in [3.63, 3.8) is 0 Å². The van der Waals surface area contributed by atoms with Crippen LogP contribution in [0.4, 0.5) is 0 Å². The molecule has 1 fully saturated rings. The van der Waals surface area contributed by atoms with Gasteiger partial charge in [0, 0.05) is 42.8 Å². The standard InChI is InChI=1S/C21H32N4O2/c1-5-7-14-10-18(14)25-21(22-2)23-9-6-8-15-11-17-19(24-15)12-16(26-3)13-20(17)27-4/h11-14,18,24H,5-10H2,1-4H3,(H2,22,23,25). The molecule has 0 amide bonds. The van der Waals surface area contributed by atoms with Gasteiger partial charge in [0.15, 0.2) is 5.96 Å². The van der Waals surface area contributed by atoms with Crippen LogP contribution in [-0.2, 0) is 6.42 Å². The molecule has 1 aromatic carbocycles. The molecule has 1 saturated carbocycles. The number of nitrogens with one attached hydrogen (secondary N) is 3. The Morgan fingerprint density at radius 3 is 2.81 bits per heavy atom. The van der Waals surface area contributed by atoms with Crippen molar-refractivity contribution < 1.29 is 9.47 Å². The number of ether oxygens (including phenoxy) is 2. The van der Waals surface area contributed by atoms with E-state index in [0.29, 0.717) is 6.04 Å². The molecule has 0 saturated heterocycles. The highest BCUT2D eigenvalue weighted by molar-refractivity contribution is 5.88. The quantitative estimate of drug-likeness (QED) is 0.358. The van der Waals surface area contributed by atoms with E-state index in [1.165, 1.54) is 25.0 Å². The number of methoxy groups -OCH3 is 2. The first-order valence-electron chi connectivity index (χ1n) is 9.89. The fraction of sp³-hybridized carbons (Fsp3) is 0.571. The Morgan fingerprint density at radius 1 is 1.26 bits per heavy atom. The first-order chi connectivity index (χ1) is 13.2. The third-order valence-corrected chi connectivity index (χ3v) is 5.23. The zero-order valence-electron chi connectivity index (χ0n) is 16.9. The first kappa shape index (κ1) is 19.4. The van der Waals surface area contributed by atoms with Crippen LogP contribution in [0.25, 0.3) is 10.9 Å². The number of H-pyrrole nitrogens is 1. The van der Waals surface area contributed by atoms with Crippen molar-refractivity contribution in [2.75, 3.05) is 27.8 Å². The maximum absolute atomic E-state index is 5.49. The van der Waals surface area contributed by atoms with E-state index in [2.05, 4.69) is 33.6 Å². The number of guanidine groups is 1. The zero-order valence-corrected chi connectivity index (χ0v) is 16.9. The second kappa shape index (κ2) is 9.02. The summed E-state index contributed by atoms with van der Waals surface area (Å²) in [5.74, 6) is 3.37. The SMILES string of the molecule is CCCC1CC1NC(=NC)NCCCc1cc2c(OC)cc(OC)cc2[nH]1. The van der Waals surface area contributed by atoms with Crippen LogP contribution in [0.15, 0.2) is 23.2 Å². The molecular weight excluding hydrogens is 340 g/mol. The molecule has 1 aromatic heterocycles. The third kappa shape index (κ3) is 4.87. The summed E-state index contributed by atoms with van der Waals surface area (Å²) in [5.41, 5.74) is 2.24. The molecule has 0 bridgehead atoms. The van der Waals surface area contributed by atoms with Crippen molar-refractivity contribution >= 4 is 16.9 Å². The molecule has 6 heteroatoms. The highest BCUT2D eigenvalue weighted by Crippen LogP contribution is 2.34. The van der Waals surface area contributed by atoms with E-state index >= 15 is 0 Å². The average molecular weight is 373 g/mol. The largest absolute Gasteiger partial charge is 0.497 e. The van der Waals surface area contributed by atoms with Gasteiger partial charge in [0.2, 0.25) is 0 Å². The Morgan fingerprint density at radius 2 is 2.11 bits per heavy atom. The maximum Gasteiger partial charge on any atom is 0.191 e. The molecule has 0 aliphatic heterocycles. The fourth-order valence-electron chi connectivity index (χ4n) is 3.63. The molecule has 1 heterocycles. The number of hydrogen-bond acceptors (Lipinski definition) is 3. The van der Waals surface area contributed by atoms with Crippen LogP contribution in [-0.4, -0.2) is 44.8 Å². The van der Waals surface area contributed by atoms with Gasteiger partial charge in [-0.3, -0.25) is 4.99 Å². The molecule has 1 aliphatic carbocycles. The van der Waals surface area contributed by atoms with Crippen molar-refractivity contribution in [1.82, 2.24) is 15.6 Å². The van der Waals surface area contributed by atoms with Crippen molar-refractivity contribution in [2.24, 2.45) is 10.9 Å². The summed E-state index contributed by atoms with van der Waals surface area (Å²) in [6.07, 6.45) is 5.83. The van der Waals surface area contributed by atoms with Crippen molar-refractivity contribution in [3.8, 4) is 11.5 Å². The Labute approximate surface area is 161 Å². The summed E-state index contributed by atoms with van der Waals surface area (Å²) in [4.78, 5) is 7.82. The van der Waals surface area contributed by atoms with Gasteiger partial charge < -0.3 is 25.1 Å². The Kier molecular flexibility index (Phi) is 6.48. The number of fused-ring (bicyclic) bond motifs is 1. The molecule has 1 aliphatic rings. The van der Waals surface area contributed by atoms with Crippen LogP contribution in [0.5, 0.6) is 11.5 Å². The van der Waals surface area contributed by atoms with E-state index in [9.17, 15) is 0 Å². The van der Waals surface area contributed by atoms with Gasteiger partial charge in [-0.1, -0.05) is 13.3 Å². The lowest BCUT2D eigenvalue weighted by Crippen LogP contribution is -2.39. The smallest absolute Gasteiger partial charge is 0.191 e. The monoisotopic (exact) mass is 372 g/mol. The summed E-state index contributed by atoms with van der Waals surface area (Å²) >= 11 is 0. The highest BCUT2D eigenvalue weighted by Gasteiger charge is 2.36. The van der Waals surface area contributed by atoms with Crippen molar-refractivity contribution in [3.05, 3.63) is 23.9 Å². The van der Waals surface area contributed by atoms with E-state index in [1.54, 1.807) is 14.2 Å². The van der Waals surface area contributed by atoms with Gasteiger partial charge in [-0.05, 0) is 37.7 Å². The van der Waals surface area contributed by atoms with Crippen LogP contribution in [0.1, 0.15) is 38.3 Å². The number of nitrogens with zero attached hydrogens (tertiary/aromatic N) is 1. The van der Waals surface area contributed by atoms with Gasteiger partial charge in [0.25, 0.3) is 0 Å². The van der Waals surface area contributed by atoms with E-state index < -0.39 is 0 Å². The lowest BCUT2D eigenvalue weighted by molar-refractivity contribution is 0.398. The number of rotatable bonds is 9. The minimum absolute atomic E-state index is 0.604. The predicted molar refractivity (Wildman–Crippen MR) is 111 cm³/mol. The molecule has 2 atom stereocenters. The van der Waals surface area contributed by atoms with E-state index in [-0.39, 0.29) is 0 Å². The van der Waals surface area contributed by atoms with Gasteiger partial charge >= 0.3 is 0 Å². The lowest BCUT2D eigenvalue weighted by Gasteiger charge is -2.11. The van der Waals surface area contributed by atoms with Crippen LogP contribution < -0.4 is 20.1 Å². The molecule has 6 nitrogen and oxygen atoms in total. The summed E-state index contributed by atoms with van der Waals surface area (Å²) in [6.45, 7) is 3.14. The number of benzene rings is 1. The summed E-state index contributed by atoms with van der Waals surface area (Å²) in [7, 11) is 5.20. The average Bonchev–Trinajstić information content (AvgIpc) is 3.27. The molecule has 0 spiro atoms. The third-order valence-electron chi connectivity index (χ3n) is 5.23. The topological polar surface area (TPSA) is 70.7 Å². The molecule has 2 aromatic rings. The number of aromatic nitrogens is 1. The number of aliphatic imine (C=N–C) groups is 1. The number of aromatic amines is 1. The molecule has 3 N–H and O–H groups in total. The molecule has 2 unspecified atom stereocenters. The summed E-state index contributed by atoms with van der Waals surface area (Å²) in [5, 5.41) is 8.04. The van der Waals surface area contributed by atoms with E-state index in [1.807, 2.05) is 19.2 Å². The van der Waals surface area contributed by atoms with Gasteiger partial charge in [0.05, 0.1) is 19.7 Å². The highest BCUT2D eigenvalue weighted by atomic mass is 16.5. The van der Waals surface area contributed by atoms with Crippen molar-refractivity contribution in [1.29, 1.82) is 0 Å². The predicted octanol–water partition coefficient (Wildman–Crippen LogP) is 3.47. The van der Waals surface area contributed by atoms with Gasteiger partial charge in [-0.15, -0.1) is 0 Å². The minimum Gasteiger partial charge on any atom is -0.497 e. The number of aryl methyl sites for hydroxylation is 1. The summed E-state index contributed by atoms with van der Waals surface area (Å²) < 4.78 is 10.8. The van der Waals surface area contributed by atoms with Crippen LogP contribution >= 0.6 is 0 Å².